The molecule has 0 atom stereocenters. The van der Waals surface area contributed by atoms with Gasteiger partial charge in [-0.05, 0) is 30.3 Å². The Kier molecular flexibility index (Phi) is 7.34. The Morgan fingerprint density at radius 1 is 1.11 bits per heavy atom. The molecule has 0 spiro atoms. The lowest BCUT2D eigenvalue weighted by atomic mass is 10.2. The Bertz CT molecular complexity index is 902. The molecule has 1 aromatic heterocycles. The number of nitrogens with zero attached hydrogens (tertiary/aromatic N) is 2. The number of hydrazine groups is 1. The maximum atomic E-state index is 12.1. The Morgan fingerprint density at radius 3 is 2.56 bits per heavy atom. The number of hydrogen-bond acceptors (Lipinski definition) is 6. The van der Waals surface area contributed by atoms with Gasteiger partial charge in [0.1, 0.15) is 0 Å². The predicted octanol–water partition coefficient (Wildman–Crippen LogP) is 1.03. The summed E-state index contributed by atoms with van der Waals surface area (Å²) in [5.41, 5.74) is 5.57. The van der Waals surface area contributed by atoms with Gasteiger partial charge in [-0.3, -0.25) is 25.4 Å². The highest BCUT2D eigenvalue weighted by molar-refractivity contribution is 7.99. The third kappa shape index (κ3) is 6.05. The van der Waals surface area contributed by atoms with Crippen molar-refractivity contribution in [2.45, 2.75) is 10.6 Å². The molecule has 2 rings (SSSR count). The summed E-state index contributed by atoms with van der Waals surface area (Å²) in [7, 11) is -0.830. The van der Waals surface area contributed by atoms with Crippen LogP contribution in [0.3, 0.4) is 0 Å². The second-order valence-electron chi connectivity index (χ2n) is 5.63. The fourth-order valence-electron chi connectivity index (χ4n) is 1.98. The lowest BCUT2D eigenvalue weighted by Gasteiger charge is -2.12. The van der Waals surface area contributed by atoms with E-state index in [-0.39, 0.29) is 22.1 Å². The average molecular weight is 409 g/mol. The van der Waals surface area contributed by atoms with Crippen LogP contribution in [-0.2, 0) is 20.6 Å². The average Bonchev–Trinajstić information content (AvgIpc) is 2.67. The van der Waals surface area contributed by atoms with Crippen LogP contribution in [0.1, 0.15) is 16.1 Å². The predicted molar refractivity (Wildman–Crippen MR) is 103 cm³/mol. The molecule has 2 amide bonds. The summed E-state index contributed by atoms with van der Waals surface area (Å²) in [6, 6.07) is 11.1. The summed E-state index contributed by atoms with van der Waals surface area (Å²) in [4.78, 5) is 28.1. The Balaban J connectivity index is 1.85. The fraction of sp³-hybridized carbons (Fsp3) is 0.235. The molecule has 0 bridgehead atoms. The van der Waals surface area contributed by atoms with E-state index in [1.54, 1.807) is 6.20 Å². The normalized spacial score (nSPS) is 11.2. The van der Waals surface area contributed by atoms with Gasteiger partial charge in [0.15, 0.2) is 0 Å². The first-order chi connectivity index (χ1) is 12.8. The van der Waals surface area contributed by atoms with Crippen molar-refractivity contribution in [2.75, 3.05) is 19.8 Å². The second-order valence-corrected chi connectivity index (χ2v) is 8.77. The minimum atomic E-state index is -3.65. The first-order valence-corrected chi connectivity index (χ1v) is 10.5. The Morgan fingerprint density at radius 2 is 1.89 bits per heavy atom. The van der Waals surface area contributed by atoms with E-state index in [1.165, 1.54) is 50.1 Å². The summed E-state index contributed by atoms with van der Waals surface area (Å²) >= 11 is 1.36. The van der Waals surface area contributed by atoms with E-state index < -0.39 is 15.9 Å². The Hall–Kier alpha value is -2.43. The highest BCUT2D eigenvalue weighted by Gasteiger charge is 2.18. The minimum absolute atomic E-state index is 0.00241. The van der Waals surface area contributed by atoms with E-state index in [4.69, 9.17) is 0 Å². The molecule has 0 saturated carbocycles. The highest BCUT2D eigenvalue weighted by atomic mass is 32.2. The third-order valence-electron chi connectivity index (χ3n) is 3.40. The number of hydrogen-bond donors (Lipinski definition) is 2. The summed E-state index contributed by atoms with van der Waals surface area (Å²) in [6.07, 6.45) is 1.68. The van der Waals surface area contributed by atoms with Crippen LogP contribution in [0.25, 0.3) is 0 Å². The van der Waals surface area contributed by atoms with E-state index >= 15 is 0 Å². The molecule has 8 nitrogen and oxygen atoms in total. The van der Waals surface area contributed by atoms with Crippen molar-refractivity contribution in [1.29, 1.82) is 0 Å². The topological polar surface area (TPSA) is 108 Å². The van der Waals surface area contributed by atoms with Gasteiger partial charge in [-0.2, -0.15) is 0 Å². The fourth-order valence-corrected chi connectivity index (χ4v) is 3.66. The molecule has 2 N–H and O–H groups in total. The third-order valence-corrected chi connectivity index (χ3v) is 6.18. The number of sulfonamides is 1. The number of aromatic nitrogens is 1. The highest BCUT2D eigenvalue weighted by Crippen LogP contribution is 2.14. The lowest BCUT2D eigenvalue weighted by Crippen LogP contribution is -2.42. The first kappa shape index (κ1) is 20.9. The number of carbonyl (C=O) groups excluding carboxylic acids is 2. The maximum absolute atomic E-state index is 12.1. The van der Waals surface area contributed by atoms with Gasteiger partial charge in [0.25, 0.3) is 5.91 Å². The monoisotopic (exact) mass is 408 g/mol. The van der Waals surface area contributed by atoms with Crippen LogP contribution in [0.15, 0.2) is 53.6 Å². The molecule has 0 fully saturated rings. The summed E-state index contributed by atoms with van der Waals surface area (Å²) in [6.45, 7) is 0. The molecular formula is C17H20N4O4S2. The van der Waals surface area contributed by atoms with Gasteiger partial charge in [0.05, 0.1) is 16.3 Å². The standard InChI is InChI=1S/C17H20N4O4S2/c1-21(2)27(24,25)15-8-5-6-13(10-15)17(23)20-19-16(22)12-26-11-14-7-3-4-9-18-14/h3-10H,11-12H2,1-2H3,(H,19,22)(H,20,23). The number of nitrogens with one attached hydrogen (secondary N) is 2. The summed E-state index contributed by atoms with van der Waals surface area (Å²) in [5, 5.41) is 0. The number of thioether (sulfide) groups is 1. The number of amides is 2. The molecule has 0 aliphatic rings. The van der Waals surface area contributed by atoms with Crippen molar-refractivity contribution < 1.29 is 18.0 Å². The van der Waals surface area contributed by atoms with Gasteiger partial charge in [0.2, 0.25) is 15.9 Å². The molecule has 27 heavy (non-hydrogen) atoms. The van der Waals surface area contributed by atoms with Crippen molar-refractivity contribution in [3.63, 3.8) is 0 Å². The van der Waals surface area contributed by atoms with Crippen LogP contribution in [0, 0.1) is 0 Å². The molecule has 0 radical (unpaired) electrons. The molecular weight excluding hydrogens is 388 g/mol. The van der Waals surface area contributed by atoms with Gasteiger partial charge in [0, 0.05) is 31.6 Å². The number of pyridine rings is 1. The van der Waals surface area contributed by atoms with Crippen LogP contribution in [0.2, 0.25) is 0 Å². The van der Waals surface area contributed by atoms with Crippen LogP contribution in [0.5, 0.6) is 0 Å². The van der Waals surface area contributed by atoms with Crippen LogP contribution in [0.4, 0.5) is 0 Å². The SMILES string of the molecule is CN(C)S(=O)(=O)c1cccc(C(=O)NNC(=O)CSCc2ccccn2)c1. The van der Waals surface area contributed by atoms with Crippen molar-refractivity contribution >= 4 is 33.6 Å². The largest absolute Gasteiger partial charge is 0.272 e. The molecule has 1 aromatic carbocycles. The van der Waals surface area contributed by atoms with Crippen molar-refractivity contribution in [1.82, 2.24) is 20.1 Å². The molecule has 0 aliphatic heterocycles. The van der Waals surface area contributed by atoms with Gasteiger partial charge in [-0.15, -0.1) is 11.8 Å². The molecule has 2 aromatic rings. The van der Waals surface area contributed by atoms with E-state index in [1.807, 2.05) is 18.2 Å². The van der Waals surface area contributed by atoms with Crippen molar-refractivity contribution in [2.24, 2.45) is 0 Å². The quantitative estimate of drug-likeness (QED) is 0.663. The number of rotatable bonds is 7. The summed E-state index contributed by atoms with van der Waals surface area (Å²) in [5.74, 6) is -0.256. The van der Waals surface area contributed by atoms with Crippen LogP contribution >= 0.6 is 11.8 Å². The van der Waals surface area contributed by atoms with E-state index in [9.17, 15) is 18.0 Å². The van der Waals surface area contributed by atoms with Gasteiger partial charge >= 0.3 is 0 Å². The molecule has 10 heteroatoms. The smallest absolute Gasteiger partial charge is 0.269 e. The molecule has 0 saturated heterocycles. The van der Waals surface area contributed by atoms with Gasteiger partial charge in [-0.1, -0.05) is 12.1 Å². The number of benzene rings is 1. The van der Waals surface area contributed by atoms with Crippen LogP contribution in [-0.4, -0.2) is 49.4 Å². The zero-order valence-corrected chi connectivity index (χ0v) is 16.5. The lowest BCUT2D eigenvalue weighted by molar-refractivity contribution is -0.119. The van der Waals surface area contributed by atoms with Crippen molar-refractivity contribution in [3.05, 3.63) is 59.9 Å². The summed E-state index contributed by atoms with van der Waals surface area (Å²) < 4.78 is 25.3. The molecule has 0 unspecified atom stereocenters. The second kappa shape index (κ2) is 9.49. The van der Waals surface area contributed by atoms with Gasteiger partial charge in [-0.25, -0.2) is 12.7 Å². The maximum Gasteiger partial charge on any atom is 0.269 e. The zero-order valence-electron chi connectivity index (χ0n) is 14.9. The van der Waals surface area contributed by atoms with Crippen molar-refractivity contribution in [3.8, 4) is 0 Å². The van der Waals surface area contributed by atoms with Gasteiger partial charge < -0.3 is 0 Å². The molecule has 144 valence electrons. The zero-order chi connectivity index (χ0) is 19.9. The van der Waals surface area contributed by atoms with E-state index in [0.29, 0.717) is 5.75 Å². The molecule has 0 aliphatic carbocycles. The van der Waals surface area contributed by atoms with E-state index in [0.717, 1.165) is 10.00 Å². The molecule has 1 heterocycles. The van der Waals surface area contributed by atoms with Crippen LogP contribution < -0.4 is 10.9 Å². The number of carbonyl (C=O) groups is 2. The Labute approximate surface area is 162 Å². The van der Waals surface area contributed by atoms with E-state index in [2.05, 4.69) is 15.8 Å². The minimum Gasteiger partial charge on any atom is -0.272 e. The first-order valence-electron chi connectivity index (χ1n) is 7.90.